The SMILES string of the molecule is CC(=O)Nc1ccc(/C(=C2/C=CC(=N)C(C)=C2)c2ccc(N)cc2)cc1.Cl. The van der Waals surface area contributed by atoms with Gasteiger partial charge in [0.05, 0.1) is 5.71 Å². The second-order valence-corrected chi connectivity index (χ2v) is 6.29. The van der Waals surface area contributed by atoms with Crippen molar-refractivity contribution in [3.63, 3.8) is 0 Å². The molecule has 0 unspecified atom stereocenters. The van der Waals surface area contributed by atoms with Crippen LogP contribution in [0.15, 0.2) is 77.9 Å². The number of carbonyl (C=O) groups is 1. The van der Waals surface area contributed by atoms with Crippen LogP contribution in [0.2, 0.25) is 0 Å². The molecule has 0 radical (unpaired) electrons. The van der Waals surface area contributed by atoms with Crippen molar-refractivity contribution in [2.45, 2.75) is 13.8 Å². The summed E-state index contributed by atoms with van der Waals surface area (Å²) in [5.74, 6) is -0.0952. The number of allylic oxidation sites excluding steroid dienone is 5. The van der Waals surface area contributed by atoms with E-state index in [-0.39, 0.29) is 18.3 Å². The Morgan fingerprint density at radius 3 is 2.04 bits per heavy atom. The van der Waals surface area contributed by atoms with Crippen LogP contribution in [0.4, 0.5) is 11.4 Å². The van der Waals surface area contributed by atoms with Crippen LogP contribution in [0.5, 0.6) is 0 Å². The van der Waals surface area contributed by atoms with Gasteiger partial charge in [0.2, 0.25) is 5.91 Å². The summed E-state index contributed by atoms with van der Waals surface area (Å²) in [4.78, 5) is 11.2. The van der Waals surface area contributed by atoms with Crippen molar-refractivity contribution in [2.75, 3.05) is 11.1 Å². The second-order valence-electron chi connectivity index (χ2n) is 6.29. The molecule has 4 N–H and O–H groups in total. The maximum atomic E-state index is 11.2. The number of nitrogens with two attached hydrogens (primary N) is 1. The van der Waals surface area contributed by atoms with Crippen molar-refractivity contribution in [2.24, 2.45) is 0 Å². The average molecular weight is 380 g/mol. The zero-order valence-electron chi connectivity index (χ0n) is 15.2. The van der Waals surface area contributed by atoms with Gasteiger partial charge in [-0.3, -0.25) is 4.79 Å². The first kappa shape index (κ1) is 20.2. The highest BCUT2D eigenvalue weighted by atomic mass is 35.5. The lowest BCUT2D eigenvalue weighted by atomic mass is 9.89. The Balaban J connectivity index is 0.00000261. The molecule has 2 aromatic rings. The topological polar surface area (TPSA) is 79.0 Å². The van der Waals surface area contributed by atoms with Crippen molar-refractivity contribution >= 4 is 41.0 Å². The highest BCUT2D eigenvalue weighted by molar-refractivity contribution is 6.08. The fraction of sp³-hybridized carbons (Fsp3) is 0.0909. The van der Waals surface area contributed by atoms with Crippen molar-refractivity contribution in [3.05, 3.63) is 89.0 Å². The molecule has 4 nitrogen and oxygen atoms in total. The van der Waals surface area contributed by atoms with Gasteiger partial charge in [-0.15, -0.1) is 12.4 Å². The molecule has 5 heteroatoms. The van der Waals surface area contributed by atoms with Gasteiger partial charge in [0.15, 0.2) is 0 Å². The summed E-state index contributed by atoms with van der Waals surface area (Å²) < 4.78 is 0. The number of nitrogen functional groups attached to an aromatic ring is 1. The van der Waals surface area contributed by atoms with Crippen LogP contribution < -0.4 is 11.1 Å². The number of anilines is 2. The summed E-state index contributed by atoms with van der Waals surface area (Å²) in [5.41, 5.74) is 12.9. The van der Waals surface area contributed by atoms with Crippen molar-refractivity contribution in [3.8, 4) is 0 Å². The molecular weight excluding hydrogens is 358 g/mol. The lowest BCUT2D eigenvalue weighted by Crippen LogP contribution is -2.05. The normalized spacial score (nSPS) is 14.9. The Bertz CT molecular complexity index is 952. The first-order chi connectivity index (χ1) is 12.4. The molecule has 0 bridgehead atoms. The molecule has 0 saturated carbocycles. The first-order valence-corrected chi connectivity index (χ1v) is 8.37. The molecule has 0 aliphatic heterocycles. The standard InChI is InChI=1S/C22H21N3O.ClH/c1-14-13-18(7-12-21(14)24)22(16-3-8-19(23)9-4-16)17-5-10-20(11-6-17)25-15(2)26;/h3-13,24H,23H2,1-2H3,(H,25,26);1H/b22-18-,24-21?;. The monoisotopic (exact) mass is 379 g/mol. The predicted molar refractivity (Wildman–Crippen MR) is 115 cm³/mol. The van der Waals surface area contributed by atoms with Crippen LogP contribution in [0.25, 0.3) is 5.57 Å². The van der Waals surface area contributed by atoms with Crippen molar-refractivity contribution in [1.82, 2.24) is 0 Å². The van der Waals surface area contributed by atoms with Crippen LogP contribution in [0.1, 0.15) is 25.0 Å². The van der Waals surface area contributed by atoms with E-state index in [0.717, 1.165) is 33.5 Å². The first-order valence-electron chi connectivity index (χ1n) is 8.37. The molecule has 0 aromatic heterocycles. The van der Waals surface area contributed by atoms with Gasteiger partial charge in [-0.2, -0.15) is 0 Å². The molecule has 0 heterocycles. The minimum Gasteiger partial charge on any atom is -0.399 e. The third-order valence-corrected chi connectivity index (χ3v) is 4.21. The van der Waals surface area contributed by atoms with Gasteiger partial charge in [0.1, 0.15) is 0 Å². The average Bonchev–Trinajstić information content (AvgIpc) is 2.61. The van der Waals surface area contributed by atoms with Crippen LogP contribution in [0, 0.1) is 5.41 Å². The number of benzene rings is 2. The van der Waals surface area contributed by atoms with Gasteiger partial charge in [-0.05, 0) is 71.2 Å². The molecule has 0 spiro atoms. The van der Waals surface area contributed by atoms with E-state index in [4.69, 9.17) is 11.1 Å². The van der Waals surface area contributed by atoms with Gasteiger partial charge < -0.3 is 16.5 Å². The van der Waals surface area contributed by atoms with E-state index < -0.39 is 0 Å². The Morgan fingerprint density at radius 1 is 0.963 bits per heavy atom. The van der Waals surface area contributed by atoms with Crippen molar-refractivity contribution < 1.29 is 4.79 Å². The summed E-state index contributed by atoms with van der Waals surface area (Å²) in [5, 5.41) is 10.7. The van der Waals surface area contributed by atoms with E-state index in [1.165, 1.54) is 6.92 Å². The predicted octanol–water partition coefficient (Wildman–Crippen LogP) is 4.99. The number of nitrogens with one attached hydrogen (secondary N) is 2. The number of carbonyl (C=O) groups excluding carboxylic acids is 1. The Hall–Kier alpha value is -3.11. The van der Waals surface area contributed by atoms with Crippen LogP contribution in [0.3, 0.4) is 0 Å². The Kier molecular flexibility index (Phi) is 6.37. The zero-order chi connectivity index (χ0) is 18.7. The van der Waals surface area contributed by atoms with Gasteiger partial charge in [0, 0.05) is 18.3 Å². The smallest absolute Gasteiger partial charge is 0.221 e. The van der Waals surface area contributed by atoms with E-state index in [2.05, 4.69) is 5.32 Å². The molecule has 0 fully saturated rings. The van der Waals surface area contributed by atoms with Crippen molar-refractivity contribution in [1.29, 1.82) is 5.41 Å². The summed E-state index contributed by atoms with van der Waals surface area (Å²) in [6.45, 7) is 3.43. The molecule has 138 valence electrons. The van der Waals surface area contributed by atoms with Crippen LogP contribution >= 0.6 is 12.4 Å². The molecule has 27 heavy (non-hydrogen) atoms. The lowest BCUT2D eigenvalue weighted by molar-refractivity contribution is -0.114. The number of rotatable bonds is 3. The molecule has 1 aliphatic carbocycles. The molecule has 2 aromatic carbocycles. The molecule has 0 saturated heterocycles. The molecule has 1 amide bonds. The number of hydrogen-bond donors (Lipinski definition) is 3. The maximum Gasteiger partial charge on any atom is 0.221 e. The van der Waals surface area contributed by atoms with Gasteiger partial charge in [-0.1, -0.05) is 30.3 Å². The van der Waals surface area contributed by atoms with E-state index >= 15 is 0 Å². The highest BCUT2D eigenvalue weighted by Gasteiger charge is 2.13. The van der Waals surface area contributed by atoms with Gasteiger partial charge in [-0.25, -0.2) is 0 Å². The largest absolute Gasteiger partial charge is 0.399 e. The minimum atomic E-state index is -0.0952. The molecule has 3 rings (SSSR count). The van der Waals surface area contributed by atoms with Crippen LogP contribution in [-0.2, 0) is 4.79 Å². The van der Waals surface area contributed by atoms with E-state index in [0.29, 0.717) is 11.4 Å². The highest BCUT2D eigenvalue weighted by Crippen LogP contribution is 2.31. The Labute approximate surface area is 165 Å². The number of halogens is 1. The molecular formula is C22H22ClN3O. The zero-order valence-corrected chi connectivity index (χ0v) is 16.1. The summed E-state index contributed by atoms with van der Waals surface area (Å²) in [6.07, 6.45) is 5.80. The quantitative estimate of drug-likeness (QED) is 0.657. The van der Waals surface area contributed by atoms with Gasteiger partial charge >= 0.3 is 0 Å². The van der Waals surface area contributed by atoms with Gasteiger partial charge in [0.25, 0.3) is 0 Å². The fourth-order valence-electron chi connectivity index (χ4n) is 2.89. The van der Waals surface area contributed by atoms with E-state index in [9.17, 15) is 4.79 Å². The summed E-state index contributed by atoms with van der Waals surface area (Å²) in [6, 6.07) is 15.5. The van der Waals surface area contributed by atoms with Crippen LogP contribution in [-0.4, -0.2) is 11.6 Å². The molecule has 1 aliphatic rings. The van der Waals surface area contributed by atoms with E-state index in [1.807, 2.05) is 73.7 Å². The minimum absolute atomic E-state index is 0. The third kappa shape index (κ3) is 4.74. The maximum absolute atomic E-state index is 11.2. The lowest BCUT2D eigenvalue weighted by Gasteiger charge is -2.16. The third-order valence-electron chi connectivity index (χ3n) is 4.21. The fourth-order valence-corrected chi connectivity index (χ4v) is 2.89. The summed E-state index contributed by atoms with van der Waals surface area (Å²) in [7, 11) is 0. The van der Waals surface area contributed by atoms with E-state index in [1.54, 1.807) is 0 Å². The second kappa shape index (κ2) is 8.52. The Morgan fingerprint density at radius 2 is 1.52 bits per heavy atom. The molecule has 0 atom stereocenters. The summed E-state index contributed by atoms with van der Waals surface area (Å²) >= 11 is 0. The number of hydrogen-bond acceptors (Lipinski definition) is 3. The number of amides is 1.